The Morgan fingerprint density at radius 2 is 2.38 bits per heavy atom. The second-order valence-corrected chi connectivity index (χ2v) is 5.24. The van der Waals surface area contributed by atoms with Gasteiger partial charge in [0.15, 0.2) is 0 Å². The monoisotopic (exact) mass is 279 g/mol. The Morgan fingerprint density at radius 1 is 1.50 bits per heavy atom. The minimum Gasteiger partial charge on any atom is -0.311 e. The highest BCUT2D eigenvalue weighted by Crippen LogP contribution is 2.27. The standard InChI is InChI=1S/C11H10BrN3O/c12-8-4-11(16)15(6-8)9-1-2-10-7(3-9)5-13-14-10/h1-3,5,8H,4,6H2,(H,13,14). The fourth-order valence-electron chi connectivity index (χ4n) is 2.01. The number of carbonyl (C=O) groups is 1. The van der Waals surface area contributed by atoms with Crippen molar-refractivity contribution in [2.45, 2.75) is 11.2 Å². The molecule has 1 unspecified atom stereocenters. The molecular weight excluding hydrogens is 270 g/mol. The second kappa shape index (κ2) is 3.59. The summed E-state index contributed by atoms with van der Waals surface area (Å²) in [7, 11) is 0. The van der Waals surface area contributed by atoms with Gasteiger partial charge >= 0.3 is 0 Å². The van der Waals surface area contributed by atoms with Crippen LogP contribution in [0.2, 0.25) is 0 Å². The van der Waals surface area contributed by atoms with Crippen molar-refractivity contribution in [2.24, 2.45) is 0 Å². The number of nitrogens with zero attached hydrogens (tertiary/aromatic N) is 2. The highest BCUT2D eigenvalue weighted by molar-refractivity contribution is 9.09. The zero-order valence-corrected chi connectivity index (χ0v) is 10.1. The predicted octanol–water partition coefficient (Wildman–Crippen LogP) is 2.06. The van der Waals surface area contributed by atoms with E-state index in [1.165, 1.54) is 0 Å². The quantitative estimate of drug-likeness (QED) is 0.813. The van der Waals surface area contributed by atoms with E-state index in [1.54, 1.807) is 6.20 Å². The molecule has 1 aromatic carbocycles. The third-order valence-electron chi connectivity index (χ3n) is 2.81. The number of aromatic nitrogens is 2. The molecule has 82 valence electrons. The molecule has 0 aliphatic carbocycles. The highest BCUT2D eigenvalue weighted by Gasteiger charge is 2.28. The lowest BCUT2D eigenvalue weighted by atomic mass is 10.2. The summed E-state index contributed by atoms with van der Waals surface area (Å²) in [5, 5.41) is 7.89. The van der Waals surface area contributed by atoms with Gasteiger partial charge in [-0.25, -0.2) is 0 Å². The molecule has 2 aromatic rings. The Bertz CT molecular complexity index is 551. The molecule has 1 aromatic heterocycles. The van der Waals surface area contributed by atoms with Gasteiger partial charge in [0.2, 0.25) is 5.91 Å². The van der Waals surface area contributed by atoms with Crippen LogP contribution in [0.4, 0.5) is 5.69 Å². The van der Waals surface area contributed by atoms with E-state index in [2.05, 4.69) is 26.1 Å². The van der Waals surface area contributed by atoms with Crippen LogP contribution in [-0.2, 0) is 4.79 Å². The number of benzene rings is 1. The number of hydrogen-bond donors (Lipinski definition) is 1. The van der Waals surface area contributed by atoms with Crippen molar-refractivity contribution in [3.8, 4) is 0 Å². The minimum absolute atomic E-state index is 0.171. The lowest BCUT2D eigenvalue weighted by molar-refractivity contribution is -0.117. The van der Waals surface area contributed by atoms with Crippen molar-refractivity contribution in [3.63, 3.8) is 0 Å². The number of carbonyl (C=O) groups excluding carboxylic acids is 1. The summed E-state index contributed by atoms with van der Waals surface area (Å²) >= 11 is 3.48. The van der Waals surface area contributed by atoms with Gasteiger partial charge in [-0.2, -0.15) is 5.10 Å². The molecule has 0 bridgehead atoms. The van der Waals surface area contributed by atoms with Gasteiger partial charge in [-0.3, -0.25) is 9.89 Å². The van der Waals surface area contributed by atoms with Gasteiger partial charge < -0.3 is 4.90 Å². The molecule has 0 spiro atoms. The van der Waals surface area contributed by atoms with Crippen molar-refractivity contribution in [2.75, 3.05) is 11.4 Å². The number of aromatic amines is 1. The molecule has 1 fully saturated rings. The molecule has 1 amide bonds. The van der Waals surface area contributed by atoms with Crippen LogP contribution in [-0.4, -0.2) is 27.5 Å². The molecule has 0 radical (unpaired) electrons. The molecule has 2 heterocycles. The lowest BCUT2D eigenvalue weighted by Gasteiger charge is -2.15. The Balaban J connectivity index is 2.02. The molecular formula is C11H10BrN3O. The summed E-state index contributed by atoms with van der Waals surface area (Å²) in [6, 6.07) is 5.89. The van der Waals surface area contributed by atoms with Gasteiger partial charge in [-0.05, 0) is 18.2 Å². The molecule has 1 aliphatic heterocycles. The number of hydrogen-bond acceptors (Lipinski definition) is 2. The smallest absolute Gasteiger partial charge is 0.228 e. The second-order valence-electron chi connectivity index (χ2n) is 3.95. The van der Waals surface area contributed by atoms with Crippen molar-refractivity contribution < 1.29 is 4.79 Å². The maximum Gasteiger partial charge on any atom is 0.228 e. The van der Waals surface area contributed by atoms with Crippen LogP contribution < -0.4 is 4.90 Å². The lowest BCUT2D eigenvalue weighted by Crippen LogP contribution is -2.24. The van der Waals surface area contributed by atoms with Gasteiger partial charge in [0, 0.05) is 28.9 Å². The molecule has 5 heteroatoms. The van der Waals surface area contributed by atoms with E-state index in [0.717, 1.165) is 23.1 Å². The summed E-state index contributed by atoms with van der Waals surface area (Å²) in [5.74, 6) is 0.171. The van der Waals surface area contributed by atoms with E-state index < -0.39 is 0 Å². The summed E-state index contributed by atoms with van der Waals surface area (Å²) in [6.45, 7) is 0.738. The Kier molecular flexibility index (Phi) is 2.21. The van der Waals surface area contributed by atoms with Crippen LogP contribution in [0.25, 0.3) is 10.9 Å². The SMILES string of the molecule is O=C1CC(Br)CN1c1ccc2[nH]ncc2c1. The number of nitrogens with one attached hydrogen (secondary N) is 1. The van der Waals surface area contributed by atoms with Crippen molar-refractivity contribution in [1.82, 2.24) is 10.2 Å². The molecule has 1 N–H and O–H groups in total. The summed E-state index contributed by atoms with van der Waals surface area (Å²) < 4.78 is 0. The number of H-pyrrole nitrogens is 1. The van der Waals surface area contributed by atoms with E-state index >= 15 is 0 Å². The van der Waals surface area contributed by atoms with E-state index in [-0.39, 0.29) is 10.7 Å². The zero-order valence-electron chi connectivity index (χ0n) is 8.48. The first kappa shape index (κ1) is 9.84. The number of alkyl halides is 1. The average molecular weight is 280 g/mol. The molecule has 1 atom stereocenters. The number of fused-ring (bicyclic) bond motifs is 1. The molecule has 4 nitrogen and oxygen atoms in total. The average Bonchev–Trinajstić information content (AvgIpc) is 2.83. The van der Waals surface area contributed by atoms with Crippen LogP contribution in [0.15, 0.2) is 24.4 Å². The maximum atomic E-state index is 11.7. The Labute approximate surface area is 101 Å². The first-order chi connectivity index (χ1) is 7.74. The van der Waals surface area contributed by atoms with E-state index in [0.29, 0.717) is 6.42 Å². The maximum absolute atomic E-state index is 11.7. The van der Waals surface area contributed by atoms with Crippen molar-refractivity contribution >= 4 is 38.4 Å². The summed E-state index contributed by atoms with van der Waals surface area (Å²) in [6.07, 6.45) is 2.34. The predicted molar refractivity (Wildman–Crippen MR) is 65.8 cm³/mol. The van der Waals surface area contributed by atoms with Crippen molar-refractivity contribution in [3.05, 3.63) is 24.4 Å². The van der Waals surface area contributed by atoms with Gasteiger partial charge in [0.1, 0.15) is 0 Å². The summed E-state index contributed by atoms with van der Waals surface area (Å²) in [4.78, 5) is 13.8. The van der Waals surface area contributed by atoms with Crippen LogP contribution in [0.1, 0.15) is 6.42 Å². The van der Waals surface area contributed by atoms with Crippen molar-refractivity contribution in [1.29, 1.82) is 0 Å². The molecule has 0 saturated carbocycles. The van der Waals surface area contributed by atoms with E-state index in [1.807, 2.05) is 23.1 Å². The fourth-order valence-corrected chi connectivity index (χ4v) is 2.58. The molecule has 1 aliphatic rings. The van der Waals surface area contributed by atoms with Crippen LogP contribution in [0.5, 0.6) is 0 Å². The number of anilines is 1. The molecule has 1 saturated heterocycles. The van der Waals surface area contributed by atoms with Crippen LogP contribution in [0.3, 0.4) is 0 Å². The third-order valence-corrected chi connectivity index (χ3v) is 3.43. The first-order valence-corrected chi connectivity index (χ1v) is 6.03. The van der Waals surface area contributed by atoms with Gasteiger partial charge in [0.25, 0.3) is 0 Å². The summed E-state index contributed by atoms with van der Waals surface area (Å²) in [5.41, 5.74) is 1.94. The normalized spacial score (nSPS) is 20.9. The highest BCUT2D eigenvalue weighted by atomic mass is 79.9. The number of halogens is 1. The number of amides is 1. The van der Waals surface area contributed by atoms with Gasteiger partial charge in [0.05, 0.1) is 11.7 Å². The third kappa shape index (κ3) is 1.51. The van der Waals surface area contributed by atoms with E-state index in [9.17, 15) is 4.79 Å². The van der Waals surface area contributed by atoms with Crippen LogP contribution in [0, 0.1) is 0 Å². The number of rotatable bonds is 1. The zero-order chi connectivity index (χ0) is 11.1. The topological polar surface area (TPSA) is 49.0 Å². The van der Waals surface area contributed by atoms with Gasteiger partial charge in [-0.1, -0.05) is 15.9 Å². The fraction of sp³-hybridized carbons (Fsp3) is 0.273. The van der Waals surface area contributed by atoms with Crippen LogP contribution >= 0.6 is 15.9 Å². The molecule has 3 rings (SSSR count). The van der Waals surface area contributed by atoms with Gasteiger partial charge in [-0.15, -0.1) is 0 Å². The largest absolute Gasteiger partial charge is 0.311 e. The first-order valence-electron chi connectivity index (χ1n) is 5.11. The van der Waals surface area contributed by atoms with E-state index in [4.69, 9.17) is 0 Å². The Hall–Kier alpha value is -1.36. The minimum atomic E-state index is 0.171. The Morgan fingerprint density at radius 3 is 3.12 bits per heavy atom. The molecule has 16 heavy (non-hydrogen) atoms.